The SMILES string of the molecule is O=C(Nc1ccccc1N1CCNCC1)c1csc(-c2ccc3occc3c2)n1. The first kappa shape index (κ1) is 17.9. The Morgan fingerprint density at radius 3 is 2.90 bits per heavy atom. The smallest absolute Gasteiger partial charge is 0.275 e. The molecule has 5 rings (SSSR count). The molecular formula is C22H20N4O2S. The maximum absolute atomic E-state index is 12.9. The molecule has 1 saturated heterocycles. The van der Waals surface area contributed by atoms with Gasteiger partial charge in [-0.3, -0.25) is 4.79 Å². The molecule has 29 heavy (non-hydrogen) atoms. The van der Waals surface area contributed by atoms with E-state index in [-0.39, 0.29) is 5.91 Å². The first-order valence-electron chi connectivity index (χ1n) is 9.57. The molecule has 1 aliphatic rings. The zero-order valence-corrected chi connectivity index (χ0v) is 16.5. The van der Waals surface area contributed by atoms with Gasteiger partial charge in [0.2, 0.25) is 0 Å². The van der Waals surface area contributed by atoms with E-state index in [0.717, 1.165) is 59.1 Å². The van der Waals surface area contributed by atoms with Crippen LogP contribution in [-0.2, 0) is 0 Å². The van der Waals surface area contributed by atoms with Crippen molar-refractivity contribution in [1.29, 1.82) is 0 Å². The lowest BCUT2D eigenvalue weighted by Crippen LogP contribution is -2.43. The van der Waals surface area contributed by atoms with Crippen molar-refractivity contribution in [2.45, 2.75) is 0 Å². The summed E-state index contributed by atoms with van der Waals surface area (Å²) in [5, 5.41) is 10.0. The second-order valence-corrected chi connectivity index (χ2v) is 7.78. The van der Waals surface area contributed by atoms with Crippen molar-refractivity contribution >= 4 is 39.6 Å². The molecule has 3 heterocycles. The number of carbonyl (C=O) groups excluding carboxylic acids is 1. The van der Waals surface area contributed by atoms with E-state index >= 15 is 0 Å². The quantitative estimate of drug-likeness (QED) is 0.533. The van der Waals surface area contributed by atoms with Gasteiger partial charge >= 0.3 is 0 Å². The molecule has 7 heteroatoms. The molecule has 4 aromatic rings. The summed E-state index contributed by atoms with van der Waals surface area (Å²) in [4.78, 5) is 19.7. The van der Waals surface area contributed by atoms with Gasteiger partial charge in [-0.05, 0) is 36.4 Å². The number of furan rings is 1. The van der Waals surface area contributed by atoms with E-state index in [1.165, 1.54) is 11.3 Å². The number of nitrogens with one attached hydrogen (secondary N) is 2. The fourth-order valence-corrected chi connectivity index (χ4v) is 4.35. The highest BCUT2D eigenvalue weighted by Gasteiger charge is 2.17. The monoisotopic (exact) mass is 404 g/mol. The number of hydrogen-bond acceptors (Lipinski definition) is 6. The van der Waals surface area contributed by atoms with Gasteiger partial charge in [0.05, 0.1) is 17.6 Å². The highest BCUT2D eigenvalue weighted by Crippen LogP contribution is 2.29. The summed E-state index contributed by atoms with van der Waals surface area (Å²) in [5.74, 6) is -0.195. The molecule has 146 valence electrons. The molecule has 2 aromatic heterocycles. The predicted octanol–water partition coefficient (Wildman–Crippen LogP) is 4.22. The van der Waals surface area contributed by atoms with Crippen molar-refractivity contribution < 1.29 is 9.21 Å². The second kappa shape index (κ2) is 7.69. The molecule has 6 nitrogen and oxygen atoms in total. The molecule has 0 aliphatic carbocycles. The van der Waals surface area contributed by atoms with E-state index in [9.17, 15) is 4.79 Å². The molecule has 2 N–H and O–H groups in total. The highest BCUT2D eigenvalue weighted by atomic mass is 32.1. The van der Waals surface area contributed by atoms with Gasteiger partial charge in [-0.1, -0.05) is 12.1 Å². The van der Waals surface area contributed by atoms with Gasteiger partial charge in [-0.25, -0.2) is 4.98 Å². The third kappa shape index (κ3) is 3.62. The number of piperazine rings is 1. The van der Waals surface area contributed by atoms with Crippen LogP contribution < -0.4 is 15.5 Å². The van der Waals surface area contributed by atoms with Crippen LogP contribution in [0.4, 0.5) is 11.4 Å². The molecule has 0 spiro atoms. The molecule has 2 aromatic carbocycles. The number of para-hydroxylation sites is 2. The topological polar surface area (TPSA) is 70.4 Å². The number of rotatable bonds is 4. The number of carbonyl (C=O) groups is 1. The molecule has 1 aliphatic heterocycles. The van der Waals surface area contributed by atoms with Crippen molar-refractivity contribution in [1.82, 2.24) is 10.3 Å². The van der Waals surface area contributed by atoms with Gasteiger partial charge in [0.1, 0.15) is 16.3 Å². The minimum absolute atomic E-state index is 0.195. The first-order chi connectivity index (χ1) is 14.3. The summed E-state index contributed by atoms with van der Waals surface area (Å²) < 4.78 is 5.39. The minimum atomic E-state index is -0.195. The van der Waals surface area contributed by atoms with E-state index < -0.39 is 0 Å². The average molecular weight is 404 g/mol. The van der Waals surface area contributed by atoms with Crippen LogP contribution in [0.2, 0.25) is 0 Å². The lowest BCUT2D eigenvalue weighted by Gasteiger charge is -2.31. The Bertz CT molecular complexity index is 1160. The lowest BCUT2D eigenvalue weighted by atomic mass is 10.2. The largest absolute Gasteiger partial charge is 0.464 e. The zero-order chi connectivity index (χ0) is 19.6. The van der Waals surface area contributed by atoms with Crippen LogP contribution in [0.25, 0.3) is 21.5 Å². The van der Waals surface area contributed by atoms with E-state index in [4.69, 9.17) is 4.42 Å². The summed E-state index contributed by atoms with van der Waals surface area (Å²) in [6.45, 7) is 3.73. The van der Waals surface area contributed by atoms with Gasteiger partial charge in [0.25, 0.3) is 5.91 Å². The fourth-order valence-electron chi connectivity index (χ4n) is 3.56. The van der Waals surface area contributed by atoms with Crippen LogP contribution in [0.1, 0.15) is 10.5 Å². The Morgan fingerprint density at radius 1 is 1.14 bits per heavy atom. The molecule has 1 amide bonds. The Morgan fingerprint density at radius 2 is 2.00 bits per heavy atom. The van der Waals surface area contributed by atoms with Gasteiger partial charge < -0.3 is 20.0 Å². The number of hydrogen-bond donors (Lipinski definition) is 2. The molecular weight excluding hydrogens is 384 g/mol. The van der Waals surface area contributed by atoms with Gasteiger partial charge in [-0.15, -0.1) is 11.3 Å². The third-order valence-corrected chi connectivity index (χ3v) is 5.94. The van der Waals surface area contributed by atoms with Crippen molar-refractivity contribution in [3.05, 3.63) is 65.9 Å². The molecule has 0 bridgehead atoms. The predicted molar refractivity (Wildman–Crippen MR) is 117 cm³/mol. The number of aromatic nitrogens is 1. The number of amides is 1. The highest BCUT2D eigenvalue weighted by molar-refractivity contribution is 7.13. The van der Waals surface area contributed by atoms with E-state index in [1.807, 2.05) is 48.5 Å². The van der Waals surface area contributed by atoms with Crippen LogP contribution >= 0.6 is 11.3 Å². The molecule has 1 fully saturated rings. The Balaban J connectivity index is 1.37. The van der Waals surface area contributed by atoms with E-state index in [1.54, 1.807) is 11.6 Å². The normalized spacial score (nSPS) is 14.3. The van der Waals surface area contributed by atoms with Crippen molar-refractivity contribution in [2.75, 3.05) is 36.4 Å². The molecule has 0 atom stereocenters. The molecule has 0 unspecified atom stereocenters. The van der Waals surface area contributed by atoms with Crippen LogP contribution in [0.3, 0.4) is 0 Å². The van der Waals surface area contributed by atoms with Crippen LogP contribution in [0.5, 0.6) is 0 Å². The maximum Gasteiger partial charge on any atom is 0.275 e. The standard InChI is InChI=1S/C22H20N4O2S/c27-21(24-17-3-1-2-4-19(17)26-10-8-23-9-11-26)18-14-29-22(25-18)16-5-6-20-15(13-16)7-12-28-20/h1-7,12-14,23H,8-11H2,(H,24,27). The van der Waals surface area contributed by atoms with Crippen LogP contribution in [0, 0.1) is 0 Å². The van der Waals surface area contributed by atoms with Gasteiger partial charge in [0.15, 0.2) is 0 Å². The number of thiazole rings is 1. The Labute approximate surface area is 172 Å². The number of anilines is 2. The number of nitrogens with zero attached hydrogens (tertiary/aromatic N) is 2. The van der Waals surface area contributed by atoms with Crippen molar-refractivity contribution in [3.8, 4) is 10.6 Å². The van der Waals surface area contributed by atoms with E-state index in [2.05, 4.69) is 20.5 Å². The third-order valence-electron chi connectivity index (χ3n) is 5.05. The van der Waals surface area contributed by atoms with E-state index in [0.29, 0.717) is 5.69 Å². The first-order valence-corrected chi connectivity index (χ1v) is 10.4. The fraction of sp³-hybridized carbons (Fsp3) is 0.182. The maximum atomic E-state index is 12.9. The summed E-state index contributed by atoms with van der Waals surface area (Å²) in [7, 11) is 0. The minimum Gasteiger partial charge on any atom is -0.464 e. The summed E-state index contributed by atoms with van der Waals surface area (Å²) in [6.07, 6.45) is 1.67. The summed E-state index contributed by atoms with van der Waals surface area (Å²) >= 11 is 1.46. The summed E-state index contributed by atoms with van der Waals surface area (Å²) in [6, 6.07) is 15.8. The second-order valence-electron chi connectivity index (χ2n) is 6.92. The van der Waals surface area contributed by atoms with Crippen molar-refractivity contribution in [2.24, 2.45) is 0 Å². The zero-order valence-electron chi connectivity index (χ0n) is 15.7. The lowest BCUT2D eigenvalue weighted by molar-refractivity contribution is 0.102. The Hall–Kier alpha value is -3.16. The average Bonchev–Trinajstić information content (AvgIpc) is 3.44. The summed E-state index contributed by atoms with van der Waals surface area (Å²) in [5.41, 5.74) is 4.10. The van der Waals surface area contributed by atoms with Crippen molar-refractivity contribution in [3.63, 3.8) is 0 Å². The molecule has 0 saturated carbocycles. The van der Waals surface area contributed by atoms with Gasteiger partial charge in [-0.2, -0.15) is 0 Å². The molecule has 0 radical (unpaired) electrons. The van der Waals surface area contributed by atoms with Crippen LogP contribution in [-0.4, -0.2) is 37.1 Å². The van der Waals surface area contributed by atoms with Gasteiger partial charge in [0, 0.05) is 42.5 Å². The number of fused-ring (bicyclic) bond motifs is 1. The van der Waals surface area contributed by atoms with Crippen LogP contribution in [0.15, 0.2) is 64.6 Å². The number of benzene rings is 2. The Kier molecular flexibility index (Phi) is 4.75.